The lowest BCUT2D eigenvalue weighted by atomic mass is 10.0. The highest BCUT2D eigenvalue weighted by Gasteiger charge is 1.96. The molecule has 0 spiro atoms. The SMILES string of the molecule is Cc1ccc(Cc2ccc(Cl)cc2)cc1. The van der Waals surface area contributed by atoms with Crippen molar-refractivity contribution in [2.75, 3.05) is 0 Å². The minimum Gasteiger partial charge on any atom is -0.0843 e. The van der Waals surface area contributed by atoms with E-state index in [0.29, 0.717) is 0 Å². The van der Waals surface area contributed by atoms with Gasteiger partial charge >= 0.3 is 0 Å². The fraction of sp³-hybridized carbons (Fsp3) is 0.143. The summed E-state index contributed by atoms with van der Waals surface area (Å²) < 4.78 is 0. The molecule has 0 aliphatic rings. The van der Waals surface area contributed by atoms with Crippen LogP contribution < -0.4 is 0 Å². The summed E-state index contributed by atoms with van der Waals surface area (Å²) in [6.07, 6.45) is 0.970. The third-order valence-electron chi connectivity index (χ3n) is 2.44. The summed E-state index contributed by atoms with van der Waals surface area (Å²) in [4.78, 5) is 0. The van der Waals surface area contributed by atoms with Crippen molar-refractivity contribution in [2.45, 2.75) is 13.3 Å². The highest BCUT2D eigenvalue weighted by atomic mass is 35.5. The maximum atomic E-state index is 5.84. The quantitative estimate of drug-likeness (QED) is 0.705. The Bertz CT molecular complexity index is 382. The van der Waals surface area contributed by atoms with Crippen LogP contribution in [0, 0.1) is 6.92 Å². The highest BCUT2D eigenvalue weighted by Crippen LogP contribution is 2.13. The van der Waals surface area contributed by atoms with Crippen LogP contribution in [-0.2, 0) is 6.42 Å². The minimum absolute atomic E-state index is 0.794. The summed E-state index contributed by atoms with van der Waals surface area (Å²) in [5.41, 5.74) is 3.93. The maximum Gasteiger partial charge on any atom is 0.0406 e. The van der Waals surface area contributed by atoms with Crippen LogP contribution in [0.1, 0.15) is 16.7 Å². The van der Waals surface area contributed by atoms with Crippen molar-refractivity contribution < 1.29 is 0 Å². The first-order valence-corrected chi connectivity index (χ1v) is 5.42. The average molecular weight is 217 g/mol. The molecule has 2 aromatic carbocycles. The number of aryl methyl sites for hydroxylation is 1. The van der Waals surface area contributed by atoms with Crippen LogP contribution in [-0.4, -0.2) is 0 Å². The molecule has 0 saturated heterocycles. The van der Waals surface area contributed by atoms with Gasteiger partial charge in [0.1, 0.15) is 0 Å². The Morgan fingerprint density at radius 2 is 1.27 bits per heavy atom. The second kappa shape index (κ2) is 4.50. The van der Waals surface area contributed by atoms with Crippen LogP contribution in [0.2, 0.25) is 5.02 Å². The van der Waals surface area contributed by atoms with Crippen molar-refractivity contribution in [2.24, 2.45) is 0 Å². The van der Waals surface area contributed by atoms with E-state index in [0.717, 1.165) is 11.4 Å². The molecule has 0 radical (unpaired) electrons. The van der Waals surface area contributed by atoms with Crippen molar-refractivity contribution in [3.63, 3.8) is 0 Å². The summed E-state index contributed by atoms with van der Waals surface area (Å²) in [5.74, 6) is 0. The third-order valence-corrected chi connectivity index (χ3v) is 2.69. The van der Waals surface area contributed by atoms with Crippen LogP contribution in [0.4, 0.5) is 0 Å². The standard InChI is InChI=1S/C14H13Cl/c1-11-2-4-12(5-3-11)10-13-6-8-14(15)9-7-13/h2-9H,10H2,1H3. The number of hydrogen-bond donors (Lipinski definition) is 0. The first-order valence-electron chi connectivity index (χ1n) is 5.04. The van der Waals surface area contributed by atoms with E-state index in [1.54, 1.807) is 0 Å². The van der Waals surface area contributed by atoms with Gasteiger partial charge < -0.3 is 0 Å². The van der Waals surface area contributed by atoms with Gasteiger partial charge in [-0.15, -0.1) is 0 Å². The lowest BCUT2D eigenvalue weighted by Crippen LogP contribution is -1.87. The molecule has 0 amide bonds. The van der Waals surface area contributed by atoms with Gasteiger partial charge in [-0.1, -0.05) is 53.6 Å². The first kappa shape index (κ1) is 10.3. The van der Waals surface area contributed by atoms with Crippen molar-refractivity contribution in [3.05, 3.63) is 70.2 Å². The summed E-state index contributed by atoms with van der Waals surface area (Å²) in [7, 11) is 0. The molecule has 0 N–H and O–H groups in total. The second-order valence-electron chi connectivity index (χ2n) is 3.79. The lowest BCUT2D eigenvalue weighted by molar-refractivity contribution is 1.19. The Balaban J connectivity index is 2.15. The normalized spacial score (nSPS) is 10.3. The van der Waals surface area contributed by atoms with Gasteiger partial charge in [-0.3, -0.25) is 0 Å². The molecule has 15 heavy (non-hydrogen) atoms. The van der Waals surface area contributed by atoms with Gasteiger partial charge in [-0.2, -0.15) is 0 Å². The zero-order valence-electron chi connectivity index (χ0n) is 8.70. The molecule has 0 saturated carbocycles. The molecule has 2 aromatic rings. The monoisotopic (exact) mass is 216 g/mol. The van der Waals surface area contributed by atoms with E-state index in [1.165, 1.54) is 16.7 Å². The third kappa shape index (κ3) is 2.84. The molecule has 0 atom stereocenters. The molecule has 0 heterocycles. The van der Waals surface area contributed by atoms with Crippen LogP contribution in [0.5, 0.6) is 0 Å². The molecule has 2 rings (SSSR count). The van der Waals surface area contributed by atoms with Crippen LogP contribution in [0.3, 0.4) is 0 Å². The zero-order valence-corrected chi connectivity index (χ0v) is 9.46. The maximum absolute atomic E-state index is 5.84. The van der Waals surface area contributed by atoms with Crippen molar-refractivity contribution in [1.82, 2.24) is 0 Å². The second-order valence-corrected chi connectivity index (χ2v) is 4.23. The number of hydrogen-bond acceptors (Lipinski definition) is 0. The van der Waals surface area contributed by atoms with Gasteiger partial charge in [0.05, 0.1) is 0 Å². The Kier molecular flexibility index (Phi) is 3.08. The van der Waals surface area contributed by atoms with Gasteiger partial charge in [0, 0.05) is 5.02 Å². The smallest absolute Gasteiger partial charge is 0.0406 e. The molecular weight excluding hydrogens is 204 g/mol. The zero-order chi connectivity index (χ0) is 10.7. The average Bonchev–Trinajstić information content (AvgIpc) is 2.25. The van der Waals surface area contributed by atoms with E-state index in [-0.39, 0.29) is 0 Å². The van der Waals surface area contributed by atoms with Gasteiger partial charge in [0.2, 0.25) is 0 Å². The topological polar surface area (TPSA) is 0 Å². The highest BCUT2D eigenvalue weighted by molar-refractivity contribution is 6.30. The molecule has 0 aromatic heterocycles. The van der Waals surface area contributed by atoms with Gasteiger partial charge in [0.15, 0.2) is 0 Å². The molecule has 0 aliphatic carbocycles. The summed E-state index contributed by atoms with van der Waals surface area (Å²) in [6, 6.07) is 16.6. The summed E-state index contributed by atoms with van der Waals surface area (Å²) >= 11 is 5.84. The molecule has 0 bridgehead atoms. The van der Waals surface area contributed by atoms with Crippen LogP contribution in [0.25, 0.3) is 0 Å². The molecule has 0 fully saturated rings. The lowest BCUT2D eigenvalue weighted by Gasteiger charge is -2.02. The Hall–Kier alpha value is -1.27. The number of benzene rings is 2. The van der Waals surface area contributed by atoms with Gasteiger partial charge in [-0.25, -0.2) is 0 Å². The molecular formula is C14H13Cl. The molecule has 1 heteroatoms. The molecule has 0 aliphatic heterocycles. The van der Waals surface area contributed by atoms with E-state index < -0.39 is 0 Å². The fourth-order valence-corrected chi connectivity index (χ4v) is 1.67. The predicted molar refractivity (Wildman–Crippen MR) is 65.4 cm³/mol. The largest absolute Gasteiger partial charge is 0.0843 e. The summed E-state index contributed by atoms with van der Waals surface area (Å²) in [5, 5.41) is 0.794. The Morgan fingerprint density at radius 1 is 0.800 bits per heavy atom. The van der Waals surface area contributed by atoms with E-state index in [1.807, 2.05) is 12.1 Å². The first-order chi connectivity index (χ1) is 7.24. The molecule has 0 unspecified atom stereocenters. The number of rotatable bonds is 2. The van der Waals surface area contributed by atoms with E-state index in [4.69, 9.17) is 11.6 Å². The summed E-state index contributed by atoms with van der Waals surface area (Å²) in [6.45, 7) is 2.10. The number of halogens is 1. The van der Waals surface area contributed by atoms with E-state index in [9.17, 15) is 0 Å². The van der Waals surface area contributed by atoms with Crippen LogP contribution in [0.15, 0.2) is 48.5 Å². The van der Waals surface area contributed by atoms with Crippen molar-refractivity contribution >= 4 is 11.6 Å². The van der Waals surface area contributed by atoms with E-state index in [2.05, 4.69) is 43.3 Å². The molecule has 76 valence electrons. The molecule has 0 nitrogen and oxygen atoms in total. The minimum atomic E-state index is 0.794. The van der Waals surface area contributed by atoms with Gasteiger partial charge in [0.25, 0.3) is 0 Å². The predicted octanol–water partition coefficient (Wildman–Crippen LogP) is 4.24. The van der Waals surface area contributed by atoms with Crippen molar-refractivity contribution in [3.8, 4) is 0 Å². The Morgan fingerprint density at radius 3 is 1.80 bits per heavy atom. The van der Waals surface area contributed by atoms with Gasteiger partial charge in [-0.05, 0) is 36.6 Å². The fourth-order valence-electron chi connectivity index (χ4n) is 1.54. The Labute approximate surface area is 95.5 Å². The van der Waals surface area contributed by atoms with E-state index >= 15 is 0 Å². The van der Waals surface area contributed by atoms with Crippen LogP contribution >= 0.6 is 11.6 Å². The van der Waals surface area contributed by atoms with Crippen molar-refractivity contribution in [1.29, 1.82) is 0 Å².